The molecule has 1 aliphatic rings. The summed E-state index contributed by atoms with van der Waals surface area (Å²) < 4.78 is 2.56. The van der Waals surface area contributed by atoms with E-state index in [4.69, 9.17) is 5.41 Å². The zero-order valence-corrected chi connectivity index (χ0v) is 19.8. The number of hydrogen-bond donors (Lipinski definition) is 4. The van der Waals surface area contributed by atoms with Crippen molar-refractivity contribution in [3.63, 3.8) is 0 Å². The molecule has 0 spiro atoms. The number of aromatic nitrogens is 3. The highest BCUT2D eigenvalue weighted by Gasteiger charge is 2.29. The Balaban J connectivity index is 1.96. The molecule has 2 aromatic heterocycles. The molecule has 1 aliphatic carbocycles. The van der Waals surface area contributed by atoms with E-state index in [1.165, 1.54) is 27.8 Å². The van der Waals surface area contributed by atoms with Gasteiger partial charge in [0.2, 0.25) is 11.8 Å². The molecule has 0 aromatic carbocycles. The fourth-order valence-electron chi connectivity index (χ4n) is 3.41. The average Bonchev–Trinajstić information content (AvgIpc) is 3.48. The Morgan fingerprint density at radius 2 is 2.06 bits per heavy atom. The highest BCUT2D eigenvalue weighted by Crippen LogP contribution is 2.23. The maximum Gasteiger partial charge on any atom is 0.270 e. The van der Waals surface area contributed by atoms with E-state index < -0.39 is 17.3 Å². The van der Waals surface area contributed by atoms with Crippen LogP contribution in [0.4, 0.5) is 0 Å². The molecule has 2 heterocycles. The number of carbonyl (C=O) groups is 2. The molecule has 2 aromatic rings. The van der Waals surface area contributed by atoms with E-state index in [2.05, 4.69) is 15.7 Å². The molecule has 3 rings (SSSR count). The van der Waals surface area contributed by atoms with Gasteiger partial charge in [-0.1, -0.05) is 13.8 Å². The van der Waals surface area contributed by atoms with E-state index in [-0.39, 0.29) is 41.3 Å². The lowest BCUT2D eigenvalue weighted by atomic mass is 10.2. The van der Waals surface area contributed by atoms with Gasteiger partial charge in [0.1, 0.15) is 5.65 Å². The Bertz CT molecular complexity index is 1220. The van der Waals surface area contributed by atoms with Crippen molar-refractivity contribution in [3.8, 4) is 5.88 Å². The van der Waals surface area contributed by atoms with Crippen molar-refractivity contribution >= 4 is 29.2 Å². The van der Waals surface area contributed by atoms with Crippen LogP contribution >= 0.6 is 0 Å². The number of likely N-dealkylation sites (N-methyl/N-ethyl adjacent to an activating group) is 1. The summed E-state index contributed by atoms with van der Waals surface area (Å²) in [5.41, 5.74) is 0.0230. The minimum absolute atomic E-state index is 0.0230. The van der Waals surface area contributed by atoms with Crippen molar-refractivity contribution in [1.82, 2.24) is 29.7 Å². The summed E-state index contributed by atoms with van der Waals surface area (Å²) in [6, 6.07) is 0.0230. The van der Waals surface area contributed by atoms with Crippen molar-refractivity contribution in [1.29, 1.82) is 5.41 Å². The van der Waals surface area contributed by atoms with Crippen molar-refractivity contribution in [2.24, 2.45) is 5.92 Å². The Morgan fingerprint density at radius 3 is 2.68 bits per heavy atom. The molecular weight excluding hydrogens is 438 g/mol. The topological polar surface area (TPSA) is 145 Å². The maximum absolute atomic E-state index is 13.3. The van der Waals surface area contributed by atoms with Crippen LogP contribution in [-0.2, 0) is 11.3 Å². The molecule has 0 aliphatic heterocycles. The molecule has 0 unspecified atom stereocenters. The highest BCUT2D eigenvalue weighted by atomic mass is 16.3. The van der Waals surface area contributed by atoms with Gasteiger partial charge in [-0.3, -0.25) is 19.0 Å². The summed E-state index contributed by atoms with van der Waals surface area (Å²) in [6.07, 6.45) is 9.11. The van der Waals surface area contributed by atoms with Crippen LogP contribution in [0.1, 0.15) is 42.6 Å². The number of rotatable bonds is 10. The third-order valence-corrected chi connectivity index (χ3v) is 5.24. The summed E-state index contributed by atoms with van der Waals surface area (Å²) in [7, 11) is 3.30. The van der Waals surface area contributed by atoms with Gasteiger partial charge in [-0.2, -0.15) is 9.61 Å². The monoisotopic (exact) mass is 469 g/mol. The second kappa shape index (κ2) is 10.4. The van der Waals surface area contributed by atoms with Crippen LogP contribution in [0.2, 0.25) is 0 Å². The number of nitrogens with zero attached hydrogens (tertiary/aromatic N) is 4. The zero-order chi connectivity index (χ0) is 25.0. The molecule has 1 saturated carbocycles. The van der Waals surface area contributed by atoms with Gasteiger partial charge in [0.15, 0.2) is 5.56 Å². The first-order valence-corrected chi connectivity index (χ1v) is 11.1. The molecule has 34 heavy (non-hydrogen) atoms. The molecule has 0 radical (unpaired) electrons. The molecule has 11 nitrogen and oxygen atoms in total. The van der Waals surface area contributed by atoms with E-state index >= 15 is 0 Å². The minimum Gasteiger partial charge on any atom is -0.492 e. The van der Waals surface area contributed by atoms with Gasteiger partial charge >= 0.3 is 0 Å². The van der Waals surface area contributed by atoms with Crippen molar-refractivity contribution < 1.29 is 14.7 Å². The quantitative estimate of drug-likeness (QED) is 0.301. The van der Waals surface area contributed by atoms with Crippen LogP contribution in [0, 0.1) is 11.3 Å². The van der Waals surface area contributed by atoms with Crippen LogP contribution in [0.3, 0.4) is 0 Å². The van der Waals surface area contributed by atoms with Gasteiger partial charge in [0, 0.05) is 38.3 Å². The second-order valence-corrected chi connectivity index (χ2v) is 8.77. The van der Waals surface area contributed by atoms with E-state index in [1.54, 1.807) is 26.4 Å². The number of nitrogens with one attached hydrogen (secondary N) is 3. The zero-order valence-electron chi connectivity index (χ0n) is 19.8. The maximum atomic E-state index is 13.3. The number of aromatic hydroxyl groups is 1. The lowest BCUT2D eigenvalue weighted by Gasteiger charge is -2.15. The Labute approximate surface area is 197 Å². The fraction of sp³-hybridized carbons (Fsp3) is 0.435. The predicted molar refractivity (Wildman–Crippen MR) is 129 cm³/mol. The second-order valence-electron chi connectivity index (χ2n) is 8.77. The smallest absolute Gasteiger partial charge is 0.270 e. The van der Waals surface area contributed by atoms with Crippen molar-refractivity contribution in [2.45, 2.75) is 39.3 Å². The van der Waals surface area contributed by atoms with Crippen LogP contribution in [-0.4, -0.2) is 68.4 Å². The summed E-state index contributed by atoms with van der Waals surface area (Å²) in [5.74, 6) is -1.43. The standard InChI is InChI=1S/C23H31N7O4/c1-14(2)12-29-21-15(5-8-18(31)28(4)13-16(24)9-10-25-3)11-26-30(21)23(34)19(22(29)33)20(32)27-17-6-7-17/h5,8-11,14,17,24-25,34H,6-7,12-13H2,1-4H3,(H,27,32)/b8-5+,10-9-,24-16?. The molecule has 2 amide bonds. The van der Waals surface area contributed by atoms with Gasteiger partial charge in [-0.05, 0) is 37.1 Å². The summed E-state index contributed by atoms with van der Waals surface area (Å²) in [6.45, 7) is 4.28. The first-order chi connectivity index (χ1) is 16.1. The van der Waals surface area contributed by atoms with Crippen molar-refractivity contribution in [3.05, 3.63) is 46.0 Å². The molecule has 0 bridgehead atoms. The molecule has 1 fully saturated rings. The summed E-state index contributed by atoms with van der Waals surface area (Å²) in [5, 5.41) is 28.3. The van der Waals surface area contributed by atoms with E-state index in [0.717, 1.165) is 17.4 Å². The lowest BCUT2D eigenvalue weighted by Crippen LogP contribution is -2.36. The van der Waals surface area contributed by atoms with E-state index in [1.807, 2.05) is 13.8 Å². The van der Waals surface area contributed by atoms with Crippen LogP contribution in [0.25, 0.3) is 11.7 Å². The van der Waals surface area contributed by atoms with Crippen molar-refractivity contribution in [2.75, 3.05) is 20.6 Å². The van der Waals surface area contributed by atoms with Gasteiger partial charge < -0.3 is 26.0 Å². The Morgan fingerprint density at radius 1 is 1.35 bits per heavy atom. The number of amides is 2. The van der Waals surface area contributed by atoms with Crippen LogP contribution in [0.15, 0.2) is 29.3 Å². The summed E-state index contributed by atoms with van der Waals surface area (Å²) in [4.78, 5) is 39.8. The first kappa shape index (κ1) is 24.7. The highest BCUT2D eigenvalue weighted by molar-refractivity contribution is 5.99. The molecule has 4 N–H and O–H groups in total. The molecule has 0 atom stereocenters. The van der Waals surface area contributed by atoms with E-state index in [9.17, 15) is 19.5 Å². The number of hydrogen-bond acceptors (Lipinski definition) is 7. The summed E-state index contributed by atoms with van der Waals surface area (Å²) >= 11 is 0. The predicted octanol–water partition coefficient (Wildman–Crippen LogP) is 0.974. The molecule has 0 saturated heterocycles. The fourth-order valence-corrected chi connectivity index (χ4v) is 3.41. The Hall–Kier alpha value is -3.89. The average molecular weight is 470 g/mol. The normalized spacial score (nSPS) is 13.8. The third-order valence-electron chi connectivity index (χ3n) is 5.24. The van der Waals surface area contributed by atoms with Gasteiger partial charge in [-0.15, -0.1) is 0 Å². The largest absolute Gasteiger partial charge is 0.492 e. The lowest BCUT2D eigenvalue weighted by molar-refractivity contribution is -0.124. The van der Waals surface area contributed by atoms with Crippen LogP contribution < -0.4 is 16.2 Å². The van der Waals surface area contributed by atoms with Gasteiger partial charge in [0.05, 0.1) is 18.5 Å². The van der Waals surface area contributed by atoms with E-state index in [0.29, 0.717) is 12.1 Å². The first-order valence-electron chi connectivity index (χ1n) is 11.1. The Kier molecular flexibility index (Phi) is 7.54. The number of carbonyl (C=O) groups excluding carboxylic acids is 2. The van der Waals surface area contributed by atoms with Gasteiger partial charge in [0.25, 0.3) is 11.5 Å². The molecule has 182 valence electrons. The number of fused-ring (bicyclic) bond motifs is 1. The van der Waals surface area contributed by atoms with Gasteiger partial charge in [-0.25, -0.2) is 0 Å². The molecular formula is C23H31N7O4. The SMILES string of the molecule is CN/C=C\C(=N)CN(C)C(=O)/C=C/c1cnn2c(O)c(C(=O)NC3CC3)c(=O)n(CC(C)C)c12. The molecule has 11 heteroatoms. The minimum atomic E-state index is -0.622. The third kappa shape index (κ3) is 5.53. The van der Waals surface area contributed by atoms with Crippen LogP contribution in [0.5, 0.6) is 5.88 Å².